The van der Waals surface area contributed by atoms with E-state index in [9.17, 15) is 9.59 Å². The van der Waals surface area contributed by atoms with E-state index in [0.29, 0.717) is 24.6 Å². The molecule has 2 aromatic heterocycles. The summed E-state index contributed by atoms with van der Waals surface area (Å²) in [5, 5.41) is 6.82. The molecule has 0 aliphatic heterocycles. The van der Waals surface area contributed by atoms with E-state index >= 15 is 0 Å². The lowest BCUT2D eigenvalue weighted by Gasteiger charge is -2.15. The molecule has 8 nitrogen and oxygen atoms in total. The molecular weight excluding hydrogens is 288 g/mol. The fourth-order valence-corrected chi connectivity index (χ4v) is 1.87. The smallest absolute Gasteiger partial charge is 0.290 e. The first-order valence-electron chi connectivity index (χ1n) is 6.74. The van der Waals surface area contributed by atoms with Crippen LogP contribution in [0, 0.1) is 0 Å². The summed E-state index contributed by atoms with van der Waals surface area (Å²) in [5.74, 6) is 0.120. The Morgan fingerprint density at radius 2 is 2.36 bits per heavy atom. The Hall–Kier alpha value is -2.61. The Balaban J connectivity index is 2.29. The third-order valence-corrected chi connectivity index (χ3v) is 3.09. The van der Waals surface area contributed by atoms with Crippen LogP contribution in [0.4, 0.5) is 5.69 Å². The number of carbonyl (C=O) groups excluding carboxylic acids is 1. The number of rotatable bonds is 6. The zero-order valence-electron chi connectivity index (χ0n) is 12.4. The van der Waals surface area contributed by atoms with Crippen molar-refractivity contribution >= 4 is 11.6 Å². The number of nitrogens with two attached hydrogens (primary N) is 1. The highest BCUT2D eigenvalue weighted by atomic mass is 16.5. The molecule has 22 heavy (non-hydrogen) atoms. The number of nitrogens with zero attached hydrogens (tertiary/aromatic N) is 2. The van der Waals surface area contributed by atoms with Crippen LogP contribution < -0.4 is 16.6 Å². The maximum absolute atomic E-state index is 12.1. The van der Waals surface area contributed by atoms with Gasteiger partial charge in [0.25, 0.3) is 5.56 Å². The second-order valence-corrected chi connectivity index (χ2v) is 4.67. The van der Waals surface area contributed by atoms with E-state index < -0.39 is 11.6 Å². The Labute approximate surface area is 126 Å². The van der Waals surface area contributed by atoms with Crippen molar-refractivity contribution in [2.45, 2.75) is 13.0 Å². The van der Waals surface area contributed by atoms with Crippen LogP contribution in [0.15, 0.2) is 33.7 Å². The third kappa shape index (κ3) is 3.34. The van der Waals surface area contributed by atoms with E-state index in [1.165, 1.54) is 19.4 Å². The van der Waals surface area contributed by atoms with Gasteiger partial charge >= 0.3 is 0 Å². The van der Waals surface area contributed by atoms with Gasteiger partial charge in [-0.15, -0.1) is 0 Å². The molecule has 0 aliphatic rings. The van der Waals surface area contributed by atoms with E-state index in [-0.39, 0.29) is 11.6 Å². The minimum absolute atomic E-state index is 0.00191. The standard InChI is InChI=1S/C14H18N4O4/c1-9(13(19)16-5-7-21-2)18-14(20)10(15)8-11(17-18)12-4-3-6-22-12/h3-4,6,8-9H,5,7,15H2,1-2H3,(H,16,19)/t9-/m1/s1. The van der Waals surface area contributed by atoms with Crippen molar-refractivity contribution in [3.05, 3.63) is 34.8 Å². The summed E-state index contributed by atoms with van der Waals surface area (Å²) >= 11 is 0. The van der Waals surface area contributed by atoms with Gasteiger partial charge in [0.05, 0.1) is 12.9 Å². The molecule has 0 spiro atoms. The molecule has 0 radical (unpaired) electrons. The summed E-state index contributed by atoms with van der Waals surface area (Å²) in [6, 6.07) is 4.01. The number of hydrogen-bond acceptors (Lipinski definition) is 6. The molecule has 8 heteroatoms. The first-order chi connectivity index (χ1) is 10.5. The van der Waals surface area contributed by atoms with Gasteiger partial charge in [-0.2, -0.15) is 5.10 Å². The maximum atomic E-state index is 12.1. The molecule has 0 saturated carbocycles. The maximum Gasteiger partial charge on any atom is 0.290 e. The van der Waals surface area contributed by atoms with Crippen molar-refractivity contribution in [3.8, 4) is 11.5 Å². The van der Waals surface area contributed by atoms with E-state index in [1.807, 2.05) is 0 Å². The van der Waals surface area contributed by atoms with Crippen LogP contribution in [0.3, 0.4) is 0 Å². The van der Waals surface area contributed by atoms with Crippen LogP contribution in [-0.2, 0) is 9.53 Å². The fourth-order valence-electron chi connectivity index (χ4n) is 1.87. The minimum Gasteiger partial charge on any atom is -0.463 e. The van der Waals surface area contributed by atoms with Crippen LogP contribution in [0.25, 0.3) is 11.5 Å². The molecule has 1 atom stereocenters. The molecule has 0 saturated heterocycles. The highest BCUT2D eigenvalue weighted by Crippen LogP contribution is 2.18. The number of anilines is 1. The van der Waals surface area contributed by atoms with E-state index in [0.717, 1.165) is 4.68 Å². The van der Waals surface area contributed by atoms with Gasteiger partial charge in [-0.1, -0.05) is 0 Å². The van der Waals surface area contributed by atoms with Crippen LogP contribution in [0.1, 0.15) is 13.0 Å². The second-order valence-electron chi connectivity index (χ2n) is 4.67. The summed E-state index contributed by atoms with van der Waals surface area (Å²) in [5.41, 5.74) is 5.58. The highest BCUT2D eigenvalue weighted by Gasteiger charge is 2.19. The van der Waals surface area contributed by atoms with Gasteiger partial charge in [0.1, 0.15) is 17.4 Å². The average molecular weight is 306 g/mol. The first-order valence-corrected chi connectivity index (χ1v) is 6.74. The molecule has 0 bridgehead atoms. The van der Waals surface area contributed by atoms with E-state index in [2.05, 4.69) is 10.4 Å². The topological polar surface area (TPSA) is 112 Å². The van der Waals surface area contributed by atoms with Gasteiger partial charge < -0.3 is 20.2 Å². The van der Waals surface area contributed by atoms with Crippen molar-refractivity contribution in [3.63, 3.8) is 0 Å². The first kappa shape index (κ1) is 15.8. The van der Waals surface area contributed by atoms with E-state index in [4.69, 9.17) is 14.9 Å². The molecular formula is C14H18N4O4. The molecule has 0 aromatic carbocycles. The monoisotopic (exact) mass is 306 g/mol. The number of carbonyl (C=O) groups is 1. The molecule has 3 N–H and O–H groups in total. The number of aromatic nitrogens is 2. The highest BCUT2D eigenvalue weighted by molar-refractivity contribution is 5.79. The fraction of sp³-hybridized carbons (Fsp3) is 0.357. The van der Waals surface area contributed by atoms with Crippen LogP contribution in [-0.4, -0.2) is 35.9 Å². The minimum atomic E-state index is -0.804. The Morgan fingerprint density at radius 1 is 1.59 bits per heavy atom. The van der Waals surface area contributed by atoms with Crippen LogP contribution in [0.5, 0.6) is 0 Å². The average Bonchev–Trinajstić information content (AvgIpc) is 3.03. The lowest BCUT2D eigenvalue weighted by molar-refractivity contribution is -0.124. The van der Waals surface area contributed by atoms with E-state index in [1.54, 1.807) is 19.1 Å². The van der Waals surface area contributed by atoms with Gasteiger partial charge in [0.2, 0.25) is 5.91 Å². The van der Waals surface area contributed by atoms with Gasteiger partial charge in [-0.25, -0.2) is 4.68 Å². The number of furan rings is 1. The van der Waals surface area contributed by atoms with Gasteiger partial charge in [0.15, 0.2) is 5.76 Å². The zero-order chi connectivity index (χ0) is 16.1. The zero-order valence-corrected chi connectivity index (χ0v) is 12.4. The van der Waals surface area contributed by atoms with Crippen LogP contribution >= 0.6 is 0 Å². The predicted octanol–water partition coefficient (Wildman–Crippen LogP) is 0.409. The molecule has 118 valence electrons. The summed E-state index contributed by atoms with van der Waals surface area (Å²) < 4.78 is 11.1. The van der Waals surface area contributed by atoms with Crippen molar-refractivity contribution in [1.29, 1.82) is 0 Å². The van der Waals surface area contributed by atoms with Crippen LogP contribution in [0.2, 0.25) is 0 Å². The number of hydrogen-bond donors (Lipinski definition) is 2. The second kappa shape index (κ2) is 6.90. The van der Waals surface area contributed by atoms with Crippen molar-refractivity contribution in [1.82, 2.24) is 15.1 Å². The van der Waals surface area contributed by atoms with Gasteiger partial charge in [-0.05, 0) is 25.1 Å². The molecule has 2 heterocycles. The summed E-state index contributed by atoms with van der Waals surface area (Å²) in [7, 11) is 1.54. The largest absolute Gasteiger partial charge is 0.463 e. The Kier molecular flexibility index (Phi) is 4.95. The summed E-state index contributed by atoms with van der Waals surface area (Å²) in [6.07, 6.45) is 1.49. The van der Waals surface area contributed by atoms with Gasteiger partial charge in [0, 0.05) is 13.7 Å². The third-order valence-electron chi connectivity index (χ3n) is 3.09. The SMILES string of the molecule is COCCNC(=O)[C@@H](C)n1nc(-c2ccco2)cc(N)c1=O. The van der Waals surface area contributed by atoms with Crippen molar-refractivity contribution < 1.29 is 13.9 Å². The molecule has 2 rings (SSSR count). The summed E-state index contributed by atoms with van der Waals surface area (Å²) in [6.45, 7) is 2.30. The van der Waals surface area contributed by atoms with Crippen molar-refractivity contribution in [2.75, 3.05) is 26.0 Å². The molecule has 0 fully saturated rings. The van der Waals surface area contributed by atoms with Crippen molar-refractivity contribution in [2.24, 2.45) is 0 Å². The lowest BCUT2D eigenvalue weighted by Crippen LogP contribution is -2.39. The number of nitrogens with one attached hydrogen (secondary N) is 1. The molecule has 1 amide bonds. The number of amides is 1. The quantitative estimate of drug-likeness (QED) is 0.747. The number of ether oxygens (including phenoxy) is 1. The normalized spacial score (nSPS) is 12.1. The Bertz CT molecular complexity index is 693. The number of nitrogen functional groups attached to an aromatic ring is 1. The lowest BCUT2D eigenvalue weighted by atomic mass is 10.2. The molecule has 0 aliphatic carbocycles. The molecule has 2 aromatic rings. The molecule has 0 unspecified atom stereocenters. The number of methoxy groups -OCH3 is 1. The summed E-state index contributed by atoms with van der Waals surface area (Å²) in [4.78, 5) is 24.2. The predicted molar refractivity (Wildman–Crippen MR) is 80.2 cm³/mol. The Morgan fingerprint density at radius 3 is 3.00 bits per heavy atom. The van der Waals surface area contributed by atoms with Gasteiger partial charge in [-0.3, -0.25) is 9.59 Å².